The van der Waals surface area contributed by atoms with Crippen LogP contribution in [0.4, 0.5) is 5.69 Å². The number of para-hydroxylation sites is 1. The number of benzene rings is 1. The highest BCUT2D eigenvalue weighted by atomic mass is 32.2. The maximum Gasteiger partial charge on any atom is 0.301 e. The minimum Gasteiger partial charge on any atom is -0.388 e. The predicted molar refractivity (Wildman–Crippen MR) is 66.0 cm³/mol. The molecule has 1 unspecified atom stereocenters. The lowest BCUT2D eigenvalue weighted by molar-refractivity contribution is 0.168. The highest BCUT2D eigenvalue weighted by Gasteiger charge is 2.27. The summed E-state index contributed by atoms with van der Waals surface area (Å²) in [5.74, 6) is 0. The van der Waals surface area contributed by atoms with E-state index in [1.807, 2.05) is 0 Å². The van der Waals surface area contributed by atoms with Crippen molar-refractivity contribution in [2.24, 2.45) is 0 Å². The maximum atomic E-state index is 11.9. The van der Waals surface area contributed by atoms with Crippen molar-refractivity contribution in [3.8, 4) is 0 Å². The van der Waals surface area contributed by atoms with Gasteiger partial charge in [-0.05, 0) is 18.9 Å². The van der Waals surface area contributed by atoms with Crippen molar-refractivity contribution in [1.29, 1.82) is 0 Å². The molecule has 0 saturated carbocycles. The quantitative estimate of drug-likeness (QED) is 0.821. The number of anilines is 1. The van der Waals surface area contributed by atoms with Gasteiger partial charge in [0, 0.05) is 19.2 Å². The lowest BCUT2D eigenvalue weighted by atomic mass is 10.1. The third kappa shape index (κ3) is 2.29. The zero-order valence-corrected chi connectivity index (χ0v) is 10.4. The van der Waals surface area contributed by atoms with E-state index in [-0.39, 0.29) is 0 Å². The highest BCUT2D eigenvalue weighted by molar-refractivity contribution is 7.90. The van der Waals surface area contributed by atoms with Crippen LogP contribution < -0.4 is 9.03 Å². The van der Waals surface area contributed by atoms with Gasteiger partial charge in [0.15, 0.2) is 0 Å². The van der Waals surface area contributed by atoms with E-state index in [1.54, 1.807) is 24.3 Å². The van der Waals surface area contributed by atoms with Gasteiger partial charge in [0.05, 0.1) is 11.8 Å². The summed E-state index contributed by atoms with van der Waals surface area (Å²) in [7, 11) is -2.12. The van der Waals surface area contributed by atoms with E-state index in [4.69, 9.17) is 0 Å². The molecule has 1 aromatic rings. The molecule has 5 nitrogen and oxygen atoms in total. The molecule has 0 aromatic heterocycles. The molecule has 0 amide bonds. The molecule has 0 aliphatic carbocycles. The summed E-state index contributed by atoms with van der Waals surface area (Å²) in [6.45, 7) is 0.386. The summed E-state index contributed by atoms with van der Waals surface area (Å²) in [6.07, 6.45) is 0.618. The molecule has 0 fully saturated rings. The molecule has 0 spiro atoms. The van der Waals surface area contributed by atoms with Gasteiger partial charge in [0.1, 0.15) is 0 Å². The van der Waals surface area contributed by atoms with Crippen molar-refractivity contribution in [3.63, 3.8) is 0 Å². The summed E-state index contributed by atoms with van der Waals surface area (Å²) in [4.78, 5) is 0. The minimum absolute atomic E-state index is 0.386. The first kappa shape index (κ1) is 12.3. The fourth-order valence-electron chi connectivity index (χ4n) is 2.06. The Morgan fingerprint density at radius 3 is 2.82 bits per heavy atom. The second-order valence-corrected chi connectivity index (χ2v) is 5.80. The van der Waals surface area contributed by atoms with Crippen LogP contribution in [0.3, 0.4) is 0 Å². The molecule has 94 valence electrons. The lowest BCUT2D eigenvalue weighted by Crippen LogP contribution is -2.39. The van der Waals surface area contributed by atoms with E-state index in [0.717, 1.165) is 0 Å². The van der Waals surface area contributed by atoms with Crippen LogP contribution in [0.5, 0.6) is 0 Å². The van der Waals surface area contributed by atoms with Crippen LogP contribution in [0.2, 0.25) is 0 Å². The molecule has 2 rings (SSSR count). The summed E-state index contributed by atoms with van der Waals surface area (Å²) >= 11 is 0. The van der Waals surface area contributed by atoms with Gasteiger partial charge in [-0.1, -0.05) is 18.2 Å². The summed E-state index contributed by atoms with van der Waals surface area (Å²) in [6, 6.07) is 7.06. The molecular weight excluding hydrogens is 240 g/mol. The number of nitrogens with one attached hydrogen (secondary N) is 1. The average Bonchev–Trinajstić information content (AvgIpc) is 2.50. The van der Waals surface area contributed by atoms with Crippen LogP contribution in [0.25, 0.3) is 0 Å². The van der Waals surface area contributed by atoms with Crippen LogP contribution in [-0.4, -0.2) is 27.1 Å². The van der Waals surface area contributed by atoms with Crippen molar-refractivity contribution in [1.82, 2.24) is 4.72 Å². The molecule has 1 aliphatic rings. The first-order valence-corrected chi connectivity index (χ1v) is 6.98. The fourth-order valence-corrected chi connectivity index (χ4v) is 3.08. The first-order valence-electron chi connectivity index (χ1n) is 5.54. The van der Waals surface area contributed by atoms with E-state index in [0.29, 0.717) is 30.6 Å². The van der Waals surface area contributed by atoms with Gasteiger partial charge >= 0.3 is 10.2 Å². The number of hydrogen-bond acceptors (Lipinski definition) is 3. The molecule has 0 bridgehead atoms. The third-order valence-corrected chi connectivity index (χ3v) is 4.43. The van der Waals surface area contributed by atoms with Gasteiger partial charge in [0.25, 0.3) is 0 Å². The van der Waals surface area contributed by atoms with Crippen molar-refractivity contribution in [3.05, 3.63) is 29.8 Å². The van der Waals surface area contributed by atoms with Crippen LogP contribution in [0.1, 0.15) is 24.5 Å². The summed E-state index contributed by atoms with van der Waals surface area (Å²) < 4.78 is 27.4. The van der Waals surface area contributed by atoms with E-state index >= 15 is 0 Å². The van der Waals surface area contributed by atoms with Gasteiger partial charge in [-0.25, -0.2) is 4.72 Å². The largest absolute Gasteiger partial charge is 0.388 e. The number of aliphatic hydroxyl groups excluding tert-OH is 1. The van der Waals surface area contributed by atoms with Gasteiger partial charge in [-0.3, -0.25) is 4.31 Å². The molecule has 6 heteroatoms. The van der Waals surface area contributed by atoms with Gasteiger partial charge < -0.3 is 5.11 Å². The molecule has 17 heavy (non-hydrogen) atoms. The predicted octanol–water partition coefficient (Wildman–Crippen LogP) is 0.784. The number of rotatable bonds is 2. The Morgan fingerprint density at radius 1 is 1.41 bits per heavy atom. The standard InChI is InChI=1S/C11H16N2O3S/c1-12-17(15,16)13-8-4-7-11(14)9-5-2-3-6-10(9)13/h2-3,5-6,11-12,14H,4,7-8H2,1H3. The Labute approximate surface area is 101 Å². The van der Waals surface area contributed by atoms with Crippen LogP contribution in [-0.2, 0) is 10.2 Å². The number of aliphatic hydroxyl groups is 1. The smallest absolute Gasteiger partial charge is 0.301 e. The Kier molecular flexibility index (Phi) is 3.37. The van der Waals surface area contributed by atoms with Crippen LogP contribution in [0.15, 0.2) is 24.3 Å². The summed E-state index contributed by atoms with van der Waals surface area (Å²) in [5, 5.41) is 9.96. The monoisotopic (exact) mass is 256 g/mol. The van der Waals surface area contributed by atoms with Crippen LogP contribution in [0, 0.1) is 0 Å². The van der Waals surface area contributed by atoms with Crippen molar-refractivity contribution in [2.75, 3.05) is 17.9 Å². The van der Waals surface area contributed by atoms with Gasteiger partial charge in [-0.15, -0.1) is 0 Å². The van der Waals surface area contributed by atoms with Gasteiger partial charge in [-0.2, -0.15) is 8.42 Å². The zero-order valence-electron chi connectivity index (χ0n) is 9.63. The second kappa shape index (κ2) is 4.64. The van der Waals surface area contributed by atoms with Crippen LogP contribution >= 0.6 is 0 Å². The molecule has 0 radical (unpaired) electrons. The zero-order chi connectivity index (χ0) is 12.5. The lowest BCUT2D eigenvalue weighted by Gasteiger charge is -2.23. The number of fused-ring (bicyclic) bond motifs is 1. The fraction of sp³-hybridized carbons (Fsp3) is 0.455. The number of hydrogen-bond donors (Lipinski definition) is 2. The molecule has 1 atom stereocenters. The Balaban J connectivity index is 2.53. The Hall–Kier alpha value is -1.11. The van der Waals surface area contributed by atoms with E-state index < -0.39 is 16.3 Å². The molecule has 2 N–H and O–H groups in total. The number of nitrogens with zero attached hydrogens (tertiary/aromatic N) is 1. The molecule has 1 heterocycles. The topological polar surface area (TPSA) is 69.6 Å². The van der Waals surface area contributed by atoms with E-state index in [1.165, 1.54) is 11.4 Å². The Morgan fingerprint density at radius 2 is 2.12 bits per heavy atom. The van der Waals surface area contributed by atoms with Crippen molar-refractivity contribution >= 4 is 15.9 Å². The second-order valence-electron chi connectivity index (χ2n) is 4.00. The molecular formula is C11H16N2O3S. The maximum absolute atomic E-state index is 11.9. The van der Waals surface area contributed by atoms with E-state index in [2.05, 4.69) is 4.72 Å². The van der Waals surface area contributed by atoms with Crippen molar-refractivity contribution in [2.45, 2.75) is 18.9 Å². The van der Waals surface area contributed by atoms with E-state index in [9.17, 15) is 13.5 Å². The molecule has 1 aliphatic heterocycles. The Bertz CT molecular complexity index is 501. The minimum atomic E-state index is -3.51. The normalized spacial score (nSPS) is 20.8. The highest BCUT2D eigenvalue weighted by Crippen LogP contribution is 2.33. The third-order valence-electron chi connectivity index (χ3n) is 2.95. The first-order chi connectivity index (χ1) is 8.06. The average molecular weight is 256 g/mol. The molecule has 1 aromatic carbocycles. The van der Waals surface area contributed by atoms with Gasteiger partial charge in [0.2, 0.25) is 0 Å². The molecule has 0 saturated heterocycles. The van der Waals surface area contributed by atoms with Crippen molar-refractivity contribution < 1.29 is 13.5 Å². The SMILES string of the molecule is CNS(=O)(=O)N1CCCC(O)c2ccccc21. The summed E-state index contributed by atoms with van der Waals surface area (Å²) in [5.41, 5.74) is 1.23.